The number of carbonyl (C=O) groups is 1. The monoisotopic (exact) mass is 348 g/mol. The third kappa shape index (κ3) is 10.1. The average molecular weight is 349 g/mol. The lowest BCUT2D eigenvalue weighted by Gasteiger charge is -2.28. The summed E-state index contributed by atoms with van der Waals surface area (Å²) < 4.78 is 22.7. The van der Waals surface area contributed by atoms with Crippen LogP contribution >= 0.6 is 0 Å². The Morgan fingerprint density at radius 1 is 0.957 bits per heavy atom. The molecule has 0 aliphatic heterocycles. The van der Waals surface area contributed by atoms with Crippen LogP contribution in [0.3, 0.4) is 0 Å². The van der Waals surface area contributed by atoms with Crippen LogP contribution in [-0.2, 0) is 22.8 Å². The van der Waals surface area contributed by atoms with Gasteiger partial charge in [0.15, 0.2) is 0 Å². The summed E-state index contributed by atoms with van der Waals surface area (Å²) in [6, 6.07) is 0.479. The zero-order valence-corrected chi connectivity index (χ0v) is 16.7. The molecular formula is C17H36O5Si. The fraction of sp³-hybridized carbons (Fsp3) is 0.941. The molecule has 0 saturated heterocycles. The van der Waals surface area contributed by atoms with Gasteiger partial charge in [0, 0.05) is 32.3 Å². The third-order valence-electron chi connectivity index (χ3n) is 3.75. The number of rotatable bonds is 15. The van der Waals surface area contributed by atoms with E-state index >= 15 is 0 Å². The van der Waals surface area contributed by atoms with E-state index in [0.717, 1.165) is 12.8 Å². The molecule has 0 aliphatic rings. The zero-order chi connectivity index (χ0) is 17.6. The molecule has 0 heterocycles. The van der Waals surface area contributed by atoms with Crippen LogP contribution in [0.25, 0.3) is 0 Å². The van der Waals surface area contributed by atoms with Crippen molar-refractivity contribution in [1.29, 1.82) is 0 Å². The predicted octanol–water partition coefficient (Wildman–Crippen LogP) is 4.18. The van der Waals surface area contributed by atoms with Crippen LogP contribution in [0, 0.1) is 5.92 Å². The Balaban J connectivity index is 4.33. The van der Waals surface area contributed by atoms with Crippen LogP contribution in [0.15, 0.2) is 0 Å². The molecule has 6 heteroatoms. The van der Waals surface area contributed by atoms with Crippen molar-refractivity contribution in [3.63, 3.8) is 0 Å². The van der Waals surface area contributed by atoms with E-state index in [-0.39, 0.29) is 12.4 Å². The van der Waals surface area contributed by atoms with Gasteiger partial charge in [-0.1, -0.05) is 33.1 Å². The van der Waals surface area contributed by atoms with Crippen LogP contribution in [0.4, 0.5) is 0 Å². The molecule has 1 atom stereocenters. The van der Waals surface area contributed by atoms with Crippen LogP contribution in [0.5, 0.6) is 0 Å². The van der Waals surface area contributed by atoms with Crippen molar-refractivity contribution in [3.05, 3.63) is 0 Å². The molecule has 0 radical (unpaired) electrons. The normalized spacial score (nSPS) is 13.1. The second-order valence-corrected chi connectivity index (χ2v) is 8.31. The number of ether oxygens (including phenoxy) is 1. The second kappa shape index (κ2) is 14.0. The van der Waals surface area contributed by atoms with E-state index in [1.807, 2.05) is 20.8 Å². The molecule has 0 aromatic rings. The average Bonchev–Trinajstić information content (AvgIpc) is 2.54. The highest BCUT2D eigenvalue weighted by Crippen LogP contribution is 2.19. The van der Waals surface area contributed by atoms with E-state index in [9.17, 15) is 4.79 Å². The van der Waals surface area contributed by atoms with Gasteiger partial charge in [0.1, 0.15) is 0 Å². The van der Waals surface area contributed by atoms with Crippen molar-refractivity contribution in [3.8, 4) is 0 Å². The topological polar surface area (TPSA) is 54.0 Å². The maximum atomic E-state index is 12.0. The summed E-state index contributed by atoms with van der Waals surface area (Å²) in [7, 11) is -2.74. The van der Waals surface area contributed by atoms with Gasteiger partial charge >= 0.3 is 14.8 Å². The number of carbonyl (C=O) groups excluding carboxylic acids is 1. The molecule has 1 unspecified atom stereocenters. The third-order valence-corrected chi connectivity index (χ3v) is 6.80. The minimum Gasteiger partial charge on any atom is -0.465 e. The van der Waals surface area contributed by atoms with Gasteiger partial charge in [-0.15, -0.1) is 0 Å². The molecule has 0 aromatic carbocycles. The Bertz CT molecular complexity index is 282. The van der Waals surface area contributed by atoms with E-state index in [1.54, 1.807) is 0 Å². The van der Waals surface area contributed by atoms with E-state index < -0.39 is 8.80 Å². The standard InChI is InChI=1S/C17H36O5Si/c1-6-11-12-16(7-2)15-19-17(18)13-14-23(20-8-3,21-9-4)22-10-5/h16H,6-15H2,1-5H3. The Morgan fingerprint density at radius 2 is 1.52 bits per heavy atom. The molecule has 0 saturated carbocycles. The lowest BCUT2D eigenvalue weighted by molar-refractivity contribution is -0.145. The van der Waals surface area contributed by atoms with Gasteiger partial charge < -0.3 is 18.0 Å². The summed E-state index contributed by atoms with van der Waals surface area (Å²) in [6.07, 6.45) is 4.82. The minimum absolute atomic E-state index is 0.184. The van der Waals surface area contributed by atoms with Crippen molar-refractivity contribution >= 4 is 14.8 Å². The van der Waals surface area contributed by atoms with Gasteiger partial charge in [0.25, 0.3) is 0 Å². The maximum Gasteiger partial charge on any atom is 0.501 e. The van der Waals surface area contributed by atoms with Gasteiger partial charge in [0.2, 0.25) is 0 Å². The molecule has 0 aromatic heterocycles. The SMILES string of the molecule is CCCCC(CC)COC(=O)CC[Si](OCC)(OCC)OCC. The quantitative estimate of drug-likeness (QED) is 0.328. The Kier molecular flexibility index (Phi) is 13.7. The lowest BCUT2D eigenvalue weighted by atomic mass is 10.0. The van der Waals surface area contributed by atoms with Crippen LogP contribution < -0.4 is 0 Å². The summed E-state index contributed by atoms with van der Waals surface area (Å²) >= 11 is 0. The summed E-state index contributed by atoms with van der Waals surface area (Å²) in [5.41, 5.74) is 0. The highest BCUT2D eigenvalue weighted by Gasteiger charge is 2.40. The molecule has 0 N–H and O–H groups in total. The van der Waals surface area contributed by atoms with E-state index in [2.05, 4.69) is 13.8 Å². The van der Waals surface area contributed by atoms with Crippen molar-refractivity contribution < 1.29 is 22.8 Å². The van der Waals surface area contributed by atoms with E-state index in [0.29, 0.717) is 38.4 Å². The second-order valence-electron chi connectivity index (χ2n) is 5.58. The summed E-state index contributed by atoms with van der Waals surface area (Å²) in [4.78, 5) is 12.0. The Hall–Kier alpha value is -0.433. The van der Waals surface area contributed by atoms with Crippen molar-refractivity contribution in [1.82, 2.24) is 0 Å². The van der Waals surface area contributed by atoms with Gasteiger partial charge in [-0.05, 0) is 33.1 Å². The molecule has 23 heavy (non-hydrogen) atoms. The molecule has 0 aliphatic carbocycles. The first kappa shape index (κ1) is 22.6. The highest BCUT2D eigenvalue weighted by molar-refractivity contribution is 6.60. The maximum absolute atomic E-state index is 12.0. The van der Waals surface area contributed by atoms with Crippen LogP contribution in [0.2, 0.25) is 6.04 Å². The smallest absolute Gasteiger partial charge is 0.465 e. The predicted molar refractivity (Wildman–Crippen MR) is 94.3 cm³/mol. The lowest BCUT2D eigenvalue weighted by Crippen LogP contribution is -2.46. The van der Waals surface area contributed by atoms with Gasteiger partial charge in [-0.2, -0.15) is 0 Å². The van der Waals surface area contributed by atoms with Crippen molar-refractivity contribution in [2.45, 2.75) is 72.8 Å². The molecule has 0 bridgehead atoms. The first-order valence-electron chi connectivity index (χ1n) is 9.14. The molecule has 5 nitrogen and oxygen atoms in total. The zero-order valence-electron chi connectivity index (χ0n) is 15.7. The number of esters is 1. The van der Waals surface area contributed by atoms with Crippen molar-refractivity contribution in [2.75, 3.05) is 26.4 Å². The molecule has 0 amide bonds. The van der Waals surface area contributed by atoms with E-state index in [4.69, 9.17) is 18.0 Å². The fourth-order valence-corrected chi connectivity index (χ4v) is 4.95. The van der Waals surface area contributed by atoms with Gasteiger partial charge in [0.05, 0.1) is 6.61 Å². The van der Waals surface area contributed by atoms with Crippen molar-refractivity contribution in [2.24, 2.45) is 5.92 Å². The summed E-state index contributed by atoms with van der Waals surface area (Å²) in [5.74, 6) is 0.280. The number of hydrogen-bond acceptors (Lipinski definition) is 5. The highest BCUT2D eigenvalue weighted by atomic mass is 28.4. The number of unbranched alkanes of at least 4 members (excludes halogenated alkanes) is 1. The molecule has 0 fully saturated rings. The first-order valence-corrected chi connectivity index (χ1v) is 11.1. The van der Waals surface area contributed by atoms with Crippen LogP contribution in [0.1, 0.15) is 66.7 Å². The van der Waals surface area contributed by atoms with Gasteiger partial charge in [-0.25, -0.2) is 0 Å². The summed E-state index contributed by atoms with van der Waals surface area (Å²) in [6.45, 7) is 12.2. The first-order chi connectivity index (χ1) is 11.1. The molecule has 138 valence electrons. The largest absolute Gasteiger partial charge is 0.501 e. The minimum atomic E-state index is -2.74. The Morgan fingerprint density at radius 3 is 1.96 bits per heavy atom. The fourth-order valence-electron chi connectivity index (χ4n) is 2.44. The van der Waals surface area contributed by atoms with E-state index in [1.165, 1.54) is 12.8 Å². The molecule has 0 rings (SSSR count). The van der Waals surface area contributed by atoms with Crippen LogP contribution in [-0.4, -0.2) is 41.2 Å². The molecule has 0 spiro atoms. The Labute approximate surface area is 143 Å². The van der Waals surface area contributed by atoms with Gasteiger partial charge in [-0.3, -0.25) is 4.79 Å². The number of hydrogen-bond donors (Lipinski definition) is 0. The molecular weight excluding hydrogens is 312 g/mol. The summed E-state index contributed by atoms with van der Waals surface area (Å²) in [5, 5.41) is 0.